The molecule has 7 nitrogen and oxygen atoms in total. The molecule has 1 N–H and O–H groups in total. The Kier molecular flexibility index (Phi) is 4.82. The van der Waals surface area contributed by atoms with Gasteiger partial charge in [-0.25, -0.2) is 0 Å². The maximum Gasteiger partial charge on any atom is 0.302 e. The van der Waals surface area contributed by atoms with Crippen LogP contribution in [0.4, 0.5) is 0 Å². The van der Waals surface area contributed by atoms with Crippen LogP contribution in [0.5, 0.6) is 0 Å². The molecule has 4 rings (SSSR count). The summed E-state index contributed by atoms with van der Waals surface area (Å²) in [5, 5.41) is 11.3. The number of carbonyl (C=O) groups is 4. The second-order valence-electron chi connectivity index (χ2n) is 10.8. The number of aliphatic hydroxyl groups excluding tert-OH is 1. The van der Waals surface area contributed by atoms with E-state index in [1.807, 2.05) is 13.8 Å². The highest BCUT2D eigenvalue weighted by Gasteiger charge is 2.77. The minimum Gasteiger partial charge on any atom is -0.462 e. The van der Waals surface area contributed by atoms with E-state index in [4.69, 9.17) is 9.47 Å². The lowest BCUT2D eigenvalue weighted by Crippen LogP contribution is -2.70. The lowest BCUT2D eigenvalue weighted by Gasteiger charge is -2.66. The summed E-state index contributed by atoms with van der Waals surface area (Å²) >= 11 is 0. The Bertz CT molecular complexity index is 888. The van der Waals surface area contributed by atoms with Crippen molar-refractivity contribution in [3.05, 3.63) is 12.2 Å². The quantitative estimate of drug-likeness (QED) is 0.527. The maximum absolute atomic E-state index is 13.6. The summed E-state index contributed by atoms with van der Waals surface area (Å²) < 4.78 is 11.4. The van der Waals surface area contributed by atoms with Gasteiger partial charge in [-0.15, -0.1) is 0 Å². The van der Waals surface area contributed by atoms with Crippen LogP contribution in [0, 0.1) is 34.0 Å². The van der Waals surface area contributed by atoms with Crippen LogP contribution in [0.3, 0.4) is 0 Å². The summed E-state index contributed by atoms with van der Waals surface area (Å²) in [5.74, 6) is -2.88. The monoisotopic (exact) mass is 432 g/mol. The van der Waals surface area contributed by atoms with E-state index in [2.05, 4.69) is 13.5 Å². The zero-order valence-electron chi connectivity index (χ0n) is 18.9. The zero-order chi connectivity index (χ0) is 23.1. The highest BCUT2D eigenvalue weighted by molar-refractivity contribution is 6.12. The predicted molar refractivity (Wildman–Crippen MR) is 110 cm³/mol. The Morgan fingerprint density at radius 2 is 1.61 bits per heavy atom. The van der Waals surface area contributed by atoms with E-state index in [0.29, 0.717) is 19.3 Å². The smallest absolute Gasteiger partial charge is 0.302 e. The van der Waals surface area contributed by atoms with E-state index < -0.39 is 46.3 Å². The standard InChI is InChI=1S/C24H32O7/c1-11-19-14(27)9-16-23(6)8-7-17(30-12(2)25)22(4,5)15(23)10-18(31-13(3)26)24(16,20(11)28)21(19)29/h15-19,21,29H,1,7-10H2,2-6H3/t15-,16+,17+,18-,19-,21-,23-,24+/m1/s1. The molecule has 0 aliphatic heterocycles. The Labute approximate surface area is 182 Å². The SMILES string of the molecule is C=C1C(=O)[C@]23[C@H](O)[C@H]1C(=O)C[C@H]2[C@]1(C)CC[C@H](OC(C)=O)C(C)(C)[C@H]1C[C@H]3OC(C)=O. The average molecular weight is 433 g/mol. The van der Waals surface area contributed by atoms with Gasteiger partial charge in [0, 0.05) is 31.3 Å². The molecule has 8 atom stereocenters. The van der Waals surface area contributed by atoms with E-state index in [0.717, 1.165) is 0 Å². The molecule has 2 bridgehead atoms. The minimum absolute atomic E-state index is 0.0868. The fraction of sp³-hybridized carbons (Fsp3) is 0.750. The third kappa shape index (κ3) is 2.68. The summed E-state index contributed by atoms with van der Waals surface area (Å²) in [6, 6.07) is 0. The van der Waals surface area contributed by atoms with Gasteiger partial charge >= 0.3 is 11.9 Å². The second-order valence-corrected chi connectivity index (χ2v) is 10.8. The van der Waals surface area contributed by atoms with Gasteiger partial charge in [-0.05, 0) is 36.5 Å². The van der Waals surface area contributed by atoms with Crippen molar-refractivity contribution in [3.8, 4) is 0 Å². The van der Waals surface area contributed by atoms with Crippen LogP contribution >= 0.6 is 0 Å². The molecule has 1 spiro atoms. The molecule has 0 aromatic rings. The molecule has 0 saturated heterocycles. The number of carbonyl (C=O) groups excluding carboxylic acids is 4. The average Bonchev–Trinajstić information content (AvgIpc) is 2.77. The van der Waals surface area contributed by atoms with Gasteiger partial charge in [0.25, 0.3) is 0 Å². The fourth-order valence-corrected chi connectivity index (χ4v) is 7.81. The molecule has 4 aliphatic carbocycles. The van der Waals surface area contributed by atoms with Crippen LogP contribution in [0.2, 0.25) is 0 Å². The molecule has 0 aromatic carbocycles. The Hall–Kier alpha value is -2.02. The molecule has 0 heterocycles. The van der Waals surface area contributed by atoms with Crippen LogP contribution in [0.1, 0.15) is 60.3 Å². The Morgan fingerprint density at radius 3 is 2.19 bits per heavy atom. The van der Waals surface area contributed by atoms with Crippen LogP contribution in [0.15, 0.2) is 12.2 Å². The number of ether oxygens (including phenoxy) is 2. The van der Waals surface area contributed by atoms with Crippen LogP contribution in [-0.2, 0) is 28.7 Å². The lowest BCUT2D eigenvalue weighted by atomic mass is 9.39. The van der Waals surface area contributed by atoms with Crippen LogP contribution < -0.4 is 0 Å². The van der Waals surface area contributed by atoms with Crippen LogP contribution in [-0.4, -0.2) is 46.9 Å². The number of Topliss-reactive ketones (excluding diaryl/α,β-unsaturated/α-hetero) is 2. The van der Waals surface area contributed by atoms with Crippen molar-refractivity contribution in [2.75, 3.05) is 0 Å². The molecule has 4 fully saturated rings. The van der Waals surface area contributed by atoms with E-state index in [9.17, 15) is 24.3 Å². The topological polar surface area (TPSA) is 107 Å². The van der Waals surface area contributed by atoms with Gasteiger partial charge < -0.3 is 14.6 Å². The van der Waals surface area contributed by atoms with Crippen LogP contribution in [0.25, 0.3) is 0 Å². The van der Waals surface area contributed by atoms with Gasteiger partial charge in [0.1, 0.15) is 23.4 Å². The van der Waals surface area contributed by atoms with Gasteiger partial charge in [-0.3, -0.25) is 19.2 Å². The molecule has 4 saturated carbocycles. The fourth-order valence-electron chi connectivity index (χ4n) is 7.81. The number of hydrogen-bond donors (Lipinski definition) is 1. The normalized spacial score (nSPS) is 45.5. The molecular weight excluding hydrogens is 400 g/mol. The maximum atomic E-state index is 13.6. The highest BCUT2D eigenvalue weighted by atomic mass is 16.5. The van der Waals surface area contributed by atoms with Gasteiger partial charge in [-0.1, -0.05) is 27.4 Å². The third-order valence-corrected chi connectivity index (χ3v) is 9.06. The first-order valence-electron chi connectivity index (χ1n) is 11.1. The lowest BCUT2D eigenvalue weighted by molar-refractivity contribution is -0.244. The first-order chi connectivity index (χ1) is 14.3. The molecule has 170 valence electrons. The molecular formula is C24H32O7. The first-order valence-corrected chi connectivity index (χ1v) is 11.1. The van der Waals surface area contributed by atoms with Crippen molar-refractivity contribution < 1.29 is 33.8 Å². The van der Waals surface area contributed by atoms with E-state index in [1.54, 1.807) is 0 Å². The number of rotatable bonds is 2. The largest absolute Gasteiger partial charge is 0.462 e. The van der Waals surface area contributed by atoms with Crippen molar-refractivity contribution in [2.45, 2.75) is 78.6 Å². The highest BCUT2D eigenvalue weighted by Crippen LogP contribution is 2.71. The van der Waals surface area contributed by atoms with Crippen molar-refractivity contribution in [1.29, 1.82) is 0 Å². The molecule has 0 unspecified atom stereocenters. The summed E-state index contributed by atoms with van der Waals surface area (Å²) in [4.78, 5) is 50.4. The minimum atomic E-state index is -1.35. The van der Waals surface area contributed by atoms with E-state index >= 15 is 0 Å². The molecule has 7 heteroatoms. The summed E-state index contributed by atoms with van der Waals surface area (Å²) in [7, 11) is 0. The van der Waals surface area contributed by atoms with Gasteiger partial charge in [-0.2, -0.15) is 0 Å². The number of ketones is 2. The second kappa shape index (κ2) is 6.74. The Morgan fingerprint density at radius 1 is 1.03 bits per heavy atom. The molecule has 0 radical (unpaired) electrons. The zero-order valence-corrected chi connectivity index (χ0v) is 18.9. The third-order valence-electron chi connectivity index (χ3n) is 9.06. The summed E-state index contributed by atoms with van der Waals surface area (Å²) in [6.45, 7) is 12.7. The van der Waals surface area contributed by atoms with Crippen molar-refractivity contribution >= 4 is 23.5 Å². The molecule has 4 aliphatic rings. The number of fused-ring (bicyclic) bond motifs is 3. The van der Waals surface area contributed by atoms with E-state index in [1.165, 1.54) is 13.8 Å². The molecule has 0 aromatic heterocycles. The number of esters is 2. The van der Waals surface area contributed by atoms with Gasteiger partial charge in [0.15, 0.2) is 5.78 Å². The van der Waals surface area contributed by atoms with E-state index in [-0.39, 0.29) is 41.6 Å². The Balaban J connectivity index is 1.88. The van der Waals surface area contributed by atoms with Gasteiger partial charge in [0.2, 0.25) is 0 Å². The summed E-state index contributed by atoms with van der Waals surface area (Å²) in [6.07, 6.45) is -0.673. The number of hydrogen-bond acceptors (Lipinski definition) is 7. The first kappa shape index (κ1) is 22.2. The predicted octanol–water partition coefficient (Wildman–Crippen LogP) is 2.39. The molecule has 31 heavy (non-hydrogen) atoms. The number of aliphatic hydroxyl groups is 1. The van der Waals surface area contributed by atoms with Crippen molar-refractivity contribution in [2.24, 2.45) is 34.0 Å². The summed E-state index contributed by atoms with van der Waals surface area (Å²) in [5.41, 5.74) is -2.16. The van der Waals surface area contributed by atoms with Crippen molar-refractivity contribution in [3.63, 3.8) is 0 Å². The molecule has 0 amide bonds. The van der Waals surface area contributed by atoms with Crippen molar-refractivity contribution in [1.82, 2.24) is 0 Å². The van der Waals surface area contributed by atoms with Gasteiger partial charge in [0.05, 0.1) is 12.0 Å².